The molecule has 0 aliphatic heterocycles. The maximum atomic E-state index is 12.8. The van der Waals surface area contributed by atoms with Gasteiger partial charge in [0.2, 0.25) is 0 Å². The lowest BCUT2D eigenvalue weighted by Gasteiger charge is -2.21. The number of nitrogens with zero attached hydrogens (tertiary/aromatic N) is 2. The van der Waals surface area contributed by atoms with E-state index in [-0.39, 0.29) is 17.9 Å². The molecule has 0 spiro atoms. The molecule has 124 valence electrons. The average molecular weight is 323 g/mol. The molecule has 1 aromatic carbocycles. The zero-order valence-electron chi connectivity index (χ0n) is 13.7. The molecule has 1 aliphatic carbocycles. The summed E-state index contributed by atoms with van der Waals surface area (Å²) in [6.45, 7) is 3.09. The summed E-state index contributed by atoms with van der Waals surface area (Å²) in [7, 11) is 0. The fourth-order valence-electron chi connectivity index (χ4n) is 2.49. The molecule has 5 heteroatoms. The van der Waals surface area contributed by atoms with Crippen LogP contribution in [0.2, 0.25) is 0 Å². The Labute approximate surface area is 141 Å². The van der Waals surface area contributed by atoms with E-state index >= 15 is 0 Å². The largest absolute Gasteiger partial charge is 0.348 e. The van der Waals surface area contributed by atoms with E-state index < -0.39 is 0 Å². The maximum absolute atomic E-state index is 12.8. The van der Waals surface area contributed by atoms with Gasteiger partial charge in [0, 0.05) is 30.9 Å². The Morgan fingerprint density at radius 1 is 1.21 bits per heavy atom. The maximum Gasteiger partial charge on any atom is 0.270 e. The number of rotatable bonds is 6. The standard InChI is InChI=1S/C19H21N3O2/c1-2-22(13-14-6-4-3-5-7-14)19(24)15-10-11-20-17(12-15)18(23)21-16-8-9-16/h3-7,10-12,16H,2,8-9,13H2,1H3,(H,21,23). The van der Waals surface area contributed by atoms with Gasteiger partial charge >= 0.3 is 0 Å². The molecule has 1 aliphatic rings. The highest BCUT2D eigenvalue weighted by Crippen LogP contribution is 2.19. The van der Waals surface area contributed by atoms with Crippen molar-refractivity contribution in [2.24, 2.45) is 0 Å². The number of nitrogens with one attached hydrogen (secondary N) is 1. The Morgan fingerprint density at radius 3 is 2.62 bits per heavy atom. The molecule has 0 unspecified atom stereocenters. The number of benzene rings is 1. The topological polar surface area (TPSA) is 62.3 Å². The fourth-order valence-corrected chi connectivity index (χ4v) is 2.49. The van der Waals surface area contributed by atoms with Gasteiger partial charge in [-0.15, -0.1) is 0 Å². The summed E-state index contributed by atoms with van der Waals surface area (Å²) in [4.78, 5) is 30.7. The normalized spacial score (nSPS) is 13.4. The second-order valence-electron chi connectivity index (χ2n) is 5.98. The van der Waals surface area contributed by atoms with Crippen molar-refractivity contribution in [2.45, 2.75) is 32.4 Å². The molecule has 0 bridgehead atoms. The molecular weight excluding hydrogens is 302 g/mol. The summed E-state index contributed by atoms with van der Waals surface area (Å²) in [6.07, 6.45) is 3.56. The second kappa shape index (κ2) is 7.25. The smallest absolute Gasteiger partial charge is 0.270 e. The minimum Gasteiger partial charge on any atom is -0.348 e. The highest BCUT2D eigenvalue weighted by atomic mass is 16.2. The van der Waals surface area contributed by atoms with Crippen molar-refractivity contribution >= 4 is 11.8 Å². The fraction of sp³-hybridized carbons (Fsp3) is 0.316. The van der Waals surface area contributed by atoms with Crippen LogP contribution in [0.3, 0.4) is 0 Å². The van der Waals surface area contributed by atoms with E-state index in [0.29, 0.717) is 24.3 Å². The minimum atomic E-state index is -0.210. The van der Waals surface area contributed by atoms with Crippen LogP contribution >= 0.6 is 0 Å². The van der Waals surface area contributed by atoms with Crippen LogP contribution in [-0.4, -0.2) is 34.3 Å². The number of hydrogen-bond acceptors (Lipinski definition) is 3. The summed E-state index contributed by atoms with van der Waals surface area (Å²) in [6, 6.07) is 13.4. The molecule has 3 rings (SSSR count). The molecule has 1 fully saturated rings. The molecule has 1 N–H and O–H groups in total. The lowest BCUT2D eigenvalue weighted by Crippen LogP contribution is -2.31. The van der Waals surface area contributed by atoms with Crippen LogP contribution < -0.4 is 5.32 Å². The summed E-state index contributed by atoms with van der Waals surface area (Å²) in [5.41, 5.74) is 1.86. The molecule has 0 atom stereocenters. The van der Waals surface area contributed by atoms with Gasteiger partial charge in [-0.2, -0.15) is 0 Å². The first-order valence-electron chi connectivity index (χ1n) is 8.27. The minimum absolute atomic E-state index is 0.0933. The first-order valence-corrected chi connectivity index (χ1v) is 8.27. The van der Waals surface area contributed by atoms with Gasteiger partial charge in [0.05, 0.1) is 0 Å². The van der Waals surface area contributed by atoms with Gasteiger partial charge in [-0.1, -0.05) is 30.3 Å². The predicted molar refractivity (Wildman–Crippen MR) is 91.6 cm³/mol. The Morgan fingerprint density at radius 2 is 1.96 bits per heavy atom. The van der Waals surface area contributed by atoms with Gasteiger partial charge in [-0.3, -0.25) is 14.6 Å². The van der Waals surface area contributed by atoms with Gasteiger partial charge < -0.3 is 10.2 Å². The van der Waals surface area contributed by atoms with E-state index in [0.717, 1.165) is 18.4 Å². The molecule has 5 nitrogen and oxygen atoms in total. The second-order valence-corrected chi connectivity index (χ2v) is 5.98. The van der Waals surface area contributed by atoms with Crippen LogP contribution in [-0.2, 0) is 6.54 Å². The highest BCUT2D eigenvalue weighted by molar-refractivity contribution is 5.98. The van der Waals surface area contributed by atoms with E-state index in [1.807, 2.05) is 37.3 Å². The van der Waals surface area contributed by atoms with Crippen LogP contribution in [0.25, 0.3) is 0 Å². The zero-order valence-corrected chi connectivity index (χ0v) is 13.7. The van der Waals surface area contributed by atoms with Gasteiger partial charge in [-0.05, 0) is 37.5 Å². The Balaban J connectivity index is 1.73. The monoisotopic (exact) mass is 323 g/mol. The third-order valence-electron chi connectivity index (χ3n) is 4.04. The lowest BCUT2D eigenvalue weighted by atomic mass is 10.1. The molecular formula is C19H21N3O2. The summed E-state index contributed by atoms with van der Waals surface area (Å²) in [5.74, 6) is -0.303. The Bertz CT molecular complexity index is 726. The molecule has 0 radical (unpaired) electrons. The van der Waals surface area contributed by atoms with Gasteiger partial charge in [0.25, 0.3) is 11.8 Å². The van der Waals surface area contributed by atoms with Crippen LogP contribution in [0.5, 0.6) is 0 Å². The van der Waals surface area contributed by atoms with Crippen molar-refractivity contribution in [2.75, 3.05) is 6.54 Å². The van der Waals surface area contributed by atoms with Crippen molar-refractivity contribution in [3.63, 3.8) is 0 Å². The first kappa shape index (κ1) is 16.2. The molecule has 2 amide bonds. The van der Waals surface area contributed by atoms with Crippen LogP contribution in [0.15, 0.2) is 48.7 Å². The van der Waals surface area contributed by atoms with Crippen LogP contribution in [0, 0.1) is 0 Å². The van der Waals surface area contributed by atoms with Gasteiger partial charge in [-0.25, -0.2) is 0 Å². The van der Waals surface area contributed by atoms with E-state index in [1.54, 1.807) is 17.0 Å². The van der Waals surface area contributed by atoms with Gasteiger partial charge in [0.15, 0.2) is 0 Å². The predicted octanol–water partition coefficient (Wildman–Crippen LogP) is 2.64. The Kier molecular flexibility index (Phi) is 4.89. The van der Waals surface area contributed by atoms with E-state index in [2.05, 4.69) is 10.3 Å². The molecule has 0 saturated heterocycles. The van der Waals surface area contributed by atoms with Crippen molar-refractivity contribution in [1.29, 1.82) is 0 Å². The number of carbonyl (C=O) groups is 2. The van der Waals surface area contributed by atoms with Crippen LogP contribution in [0.1, 0.15) is 46.2 Å². The van der Waals surface area contributed by atoms with E-state index in [4.69, 9.17) is 0 Å². The summed E-state index contributed by atoms with van der Waals surface area (Å²) in [5, 5.41) is 2.89. The highest BCUT2D eigenvalue weighted by Gasteiger charge is 2.25. The zero-order chi connectivity index (χ0) is 16.9. The van der Waals surface area contributed by atoms with Crippen molar-refractivity contribution in [1.82, 2.24) is 15.2 Å². The lowest BCUT2D eigenvalue weighted by molar-refractivity contribution is 0.0752. The number of aromatic nitrogens is 1. The van der Waals surface area contributed by atoms with E-state index in [1.165, 1.54) is 6.20 Å². The third-order valence-corrected chi connectivity index (χ3v) is 4.04. The third kappa shape index (κ3) is 3.98. The number of amides is 2. The van der Waals surface area contributed by atoms with Gasteiger partial charge in [0.1, 0.15) is 5.69 Å². The quantitative estimate of drug-likeness (QED) is 0.889. The number of hydrogen-bond donors (Lipinski definition) is 1. The average Bonchev–Trinajstić information content (AvgIpc) is 3.44. The molecule has 2 aromatic rings. The van der Waals surface area contributed by atoms with Crippen molar-refractivity contribution in [3.8, 4) is 0 Å². The summed E-state index contributed by atoms with van der Waals surface area (Å²) >= 11 is 0. The molecule has 1 aromatic heterocycles. The Hall–Kier alpha value is -2.69. The molecule has 24 heavy (non-hydrogen) atoms. The van der Waals surface area contributed by atoms with Crippen LogP contribution in [0.4, 0.5) is 0 Å². The molecule has 1 saturated carbocycles. The number of carbonyl (C=O) groups excluding carboxylic acids is 2. The van der Waals surface area contributed by atoms with Crippen molar-refractivity contribution in [3.05, 3.63) is 65.5 Å². The van der Waals surface area contributed by atoms with Crippen molar-refractivity contribution < 1.29 is 9.59 Å². The summed E-state index contributed by atoms with van der Waals surface area (Å²) < 4.78 is 0. The molecule has 1 heterocycles. The SMILES string of the molecule is CCN(Cc1ccccc1)C(=O)c1ccnc(C(=O)NC2CC2)c1. The van der Waals surface area contributed by atoms with E-state index in [9.17, 15) is 9.59 Å². The first-order chi connectivity index (χ1) is 11.7. The number of pyridine rings is 1.